The zero-order valence-corrected chi connectivity index (χ0v) is 12.3. The molecule has 1 aliphatic heterocycles. The third-order valence-electron chi connectivity index (χ3n) is 3.85. The van der Waals surface area contributed by atoms with Crippen LogP contribution in [0.5, 0.6) is 0 Å². The zero-order valence-electron chi connectivity index (χ0n) is 12.3. The Balaban J connectivity index is 2.01. The van der Waals surface area contributed by atoms with E-state index in [9.17, 15) is 14.7 Å². The summed E-state index contributed by atoms with van der Waals surface area (Å²) >= 11 is 0. The first-order valence-corrected chi connectivity index (χ1v) is 7.00. The highest BCUT2D eigenvalue weighted by Crippen LogP contribution is 2.28. The Bertz CT molecular complexity index is 532. The fourth-order valence-electron chi connectivity index (χ4n) is 2.44. The summed E-state index contributed by atoms with van der Waals surface area (Å²) in [6, 6.07) is -0.373. The highest BCUT2D eigenvalue weighted by atomic mass is 16.4. The van der Waals surface area contributed by atoms with Crippen molar-refractivity contribution in [2.75, 3.05) is 6.54 Å². The second-order valence-corrected chi connectivity index (χ2v) is 5.50. The van der Waals surface area contributed by atoms with E-state index in [-0.39, 0.29) is 12.6 Å². The van der Waals surface area contributed by atoms with Crippen molar-refractivity contribution in [1.82, 2.24) is 20.2 Å². The van der Waals surface area contributed by atoms with Gasteiger partial charge in [-0.15, -0.1) is 0 Å². The quantitative estimate of drug-likeness (QED) is 0.876. The van der Waals surface area contributed by atoms with E-state index >= 15 is 0 Å². The van der Waals surface area contributed by atoms with Gasteiger partial charge in [-0.05, 0) is 33.1 Å². The maximum atomic E-state index is 12.3. The van der Waals surface area contributed by atoms with Crippen LogP contribution in [-0.2, 0) is 11.3 Å². The lowest BCUT2D eigenvalue weighted by molar-refractivity contribution is -0.150. The number of nitrogens with one attached hydrogen (secondary N) is 1. The van der Waals surface area contributed by atoms with Gasteiger partial charge in [0, 0.05) is 12.7 Å². The van der Waals surface area contributed by atoms with E-state index in [0.717, 1.165) is 18.5 Å². The summed E-state index contributed by atoms with van der Waals surface area (Å²) in [6.45, 7) is 4.12. The summed E-state index contributed by atoms with van der Waals surface area (Å²) in [4.78, 5) is 33.4. The number of rotatable bonds is 3. The number of hydrogen-bond donors (Lipinski definition) is 2. The minimum Gasteiger partial charge on any atom is -0.480 e. The van der Waals surface area contributed by atoms with Gasteiger partial charge in [0.05, 0.1) is 24.1 Å². The summed E-state index contributed by atoms with van der Waals surface area (Å²) in [6.07, 6.45) is 5.34. The van der Waals surface area contributed by atoms with E-state index in [0.29, 0.717) is 18.7 Å². The highest BCUT2D eigenvalue weighted by molar-refractivity contribution is 5.86. The van der Waals surface area contributed by atoms with Gasteiger partial charge in [0.15, 0.2) is 0 Å². The molecule has 7 heteroatoms. The molecular formula is C14H20N4O3. The van der Waals surface area contributed by atoms with Crippen LogP contribution in [0.3, 0.4) is 0 Å². The van der Waals surface area contributed by atoms with Crippen molar-refractivity contribution in [3.8, 4) is 0 Å². The lowest BCUT2D eigenvalue weighted by atomic mass is 9.89. The first-order chi connectivity index (χ1) is 9.93. The van der Waals surface area contributed by atoms with E-state index in [1.54, 1.807) is 19.3 Å². The standard InChI is InChI=1S/C14H20N4O3/c1-10-7-16-11(8-15-10)9-17-13(21)18-6-4-3-5-14(18,2)12(19)20/h7-8H,3-6,9H2,1-2H3,(H,17,21)(H,19,20). The first-order valence-electron chi connectivity index (χ1n) is 7.00. The number of aliphatic carboxylic acids is 1. The van der Waals surface area contributed by atoms with Gasteiger partial charge in [0.2, 0.25) is 0 Å². The van der Waals surface area contributed by atoms with Crippen LogP contribution in [0.25, 0.3) is 0 Å². The number of carboxylic acids is 1. The average molecular weight is 292 g/mol. The Morgan fingerprint density at radius 1 is 1.38 bits per heavy atom. The van der Waals surface area contributed by atoms with Crippen molar-refractivity contribution in [2.45, 2.75) is 45.2 Å². The Hall–Kier alpha value is -2.18. The van der Waals surface area contributed by atoms with Gasteiger partial charge >= 0.3 is 12.0 Å². The minimum absolute atomic E-state index is 0.234. The lowest BCUT2D eigenvalue weighted by Crippen LogP contribution is -2.59. The second kappa shape index (κ2) is 6.07. The first kappa shape index (κ1) is 15.2. The van der Waals surface area contributed by atoms with Gasteiger partial charge in [-0.1, -0.05) is 0 Å². The highest BCUT2D eigenvalue weighted by Gasteiger charge is 2.43. The monoisotopic (exact) mass is 292 g/mol. The molecule has 1 aliphatic rings. The molecule has 2 heterocycles. The molecule has 2 N–H and O–H groups in total. The Morgan fingerprint density at radius 3 is 2.76 bits per heavy atom. The number of urea groups is 1. The molecule has 1 atom stereocenters. The van der Waals surface area contributed by atoms with Gasteiger partial charge in [0.25, 0.3) is 0 Å². The third kappa shape index (κ3) is 3.29. The number of nitrogens with zero attached hydrogens (tertiary/aromatic N) is 3. The van der Waals surface area contributed by atoms with Crippen molar-refractivity contribution < 1.29 is 14.7 Å². The molecule has 7 nitrogen and oxygen atoms in total. The van der Waals surface area contributed by atoms with Gasteiger partial charge < -0.3 is 15.3 Å². The van der Waals surface area contributed by atoms with E-state index in [2.05, 4.69) is 15.3 Å². The summed E-state index contributed by atoms with van der Waals surface area (Å²) in [5.74, 6) is -0.965. The molecule has 0 bridgehead atoms. The smallest absolute Gasteiger partial charge is 0.329 e. The fraction of sp³-hybridized carbons (Fsp3) is 0.571. The van der Waals surface area contributed by atoms with E-state index < -0.39 is 11.5 Å². The second-order valence-electron chi connectivity index (χ2n) is 5.50. The number of carbonyl (C=O) groups is 2. The maximum absolute atomic E-state index is 12.3. The molecule has 1 saturated heterocycles. The molecule has 1 unspecified atom stereocenters. The van der Waals surface area contributed by atoms with Crippen molar-refractivity contribution in [3.05, 3.63) is 23.8 Å². The number of likely N-dealkylation sites (tertiary alicyclic amines) is 1. The Kier molecular flexibility index (Phi) is 4.40. The molecular weight excluding hydrogens is 272 g/mol. The van der Waals surface area contributed by atoms with E-state index in [1.807, 2.05) is 6.92 Å². The number of piperidine rings is 1. The molecule has 1 aromatic heterocycles. The predicted molar refractivity (Wildman–Crippen MR) is 75.6 cm³/mol. The van der Waals surface area contributed by atoms with Crippen molar-refractivity contribution in [1.29, 1.82) is 0 Å². The molecule has 1 aromatic rings. The molecule has 0 aromatic carbocycles. The minimum atomic E-state index is -1.14. The van der Waals surface area contributed by atoms with Crippen LogP contribution in [0.15, 0.2) is 12.4 Å². The van der Waals surface area contributed by atoms with Gasteiger partial charge in [-0.3, -0.25) is 9.97 Å². The van der Waals surface area contributed by atoms with Crippen LogP contribution in [0, 0.1) is 6.92 Å². The number of aromatic nitrogens is 2. The van der Waals surface area contributed by atoms with E-state index in [1.165, 1.54) is 4.90 Å². The van der Waals surface area contributed by atoms with Crippen LogP contribution in [0.2, 0.25) is 0 Å². The number of carboxylic acid groups (broad SMARTS) is 1. The predicted octanol–water partition coefficient (Wildman–Crippen LogP) is 1.32. The fourth-order valence-corrected chi connectivity index (χ4v) is 2.44. The van der Waals surface area contributed by atoms with Gasteiger partial charge in [-0.2, -0.15) is 0 Å². The topological polar surface area (TPSA) is 95.4 Å². The molecule has 0 saturated carbocycles. The van der Waals surface area contributed by atoms with Crippen LogP contribution >= 0.6 is 0 Å². The number of aryl methyl sites for hydroxylation is 1. The number of carbonyl (C=O) groups excluding carboxylic acids is 1. The normalized spacial score (nSPS) is 21.9. The number of amides is 2. The van der Waals surface area contributed by atoms with Gasteiger partial charge in [-0.25, -0.2) is 9.59 Å². The average Bonchev–Trinajstić information content (AvgIpc) is 2.46. The SMILES string of the molecule is Cc1cnc(CNC(=O)N2CCCCC2(C)C(=O)O)cn1. The number of hydrogen-bond acceptors (Lipinski definition) is 4. The lowest BCUT2D eigenvalue weighted by Gasteiger charge is -2.41. The molecule has 0 radical (unpaired) electrons. The molecule has 0 aliphatic carbocycles. The molecule has 0 spiro atoms. The maximum Gasteiger partial charge on any atom is 0.329 e. The molecule has 21 heavy (non-hydrogen) atoms. The van der Waals surface area contributed by atoms with Crippen LogP contribution in [0.1, 0.15) is 37.6 Å². The summed E-state index contributed by atoms with van der Waals surface area (Å²) in [5.41, 5.74) is 0.309. The van der Waals surface area contributed by atoms with Crippen LogP contribution in [-0.4, -0.2) is 44.1 Å². The van der Waals surface area contributed by atoms with Crippen LogP contribution < -0.4 is 5.32 Å². The largest absolute Gasteiger partial charge is 0.480 e. The van der Waals surface area contributed by atoms with Crippen molar-refractivity contribution in [2.24, 2.45) is 0 Å². The van der Waals surface area contributed by atoms with Crippen molar-refractivity contribution in [3.63, 3.8) is 0 Å². The summed E-state index contributed by atoms with van der Waals surface area (Å²) in [5, 5.41) is 12.1. The van der Waals surface area contributed by atoms with E-state index in [4.69, 9.17) is 0 Å². The zero-order chi connectivity index (χ0) is 15.5. The van der Waals surface area contributed by atoms with Crippen molar-refractivity contribution >= 4 is 12.0 Å². The Labute approximate surface area is 123 Å². The molecule has 2 amide bonds. The molecule has 1 fully saturated rings. The van der Waals surface area contributed by atoms with Crippen LogP contribution in [0.4, 0.5) is 4.79 Å². The molecule has 2 rings (SSSR count). The van der Waals surface area contributed by atoms with Gasteiger partial charge in [0.1, 0.15) is 5.54 Å². The summed E-state index contributed by atoms with van der Waals surface area (Å²) < 4.78 is 0. The Morgan fingerprint density at radius 2 is 2.14 bits per heavy atom. The third-order valence-corrected chi connectivity index (χ3v) is 3.85. The summed E-state index contributed by atoms with van der Waals surface area (Å²) in [7, 11) is 0. The molecule has 114 valence electrons.